The SMILES string of the molecule is CCn1cc(NC(=O)N(C)Cc2ccc3nonc3c2)nn1. The van der Waals surface area contributed by atoms with Crippen LogP contribution in [0.1, 0.15) is 12.5 Å². The highest BCUT2D eigenvalue weighted by atomic mass is 16.6. The normalized spacial score (nSPS) is 10.8. The van der Waals surface area contributed by atoms with Crippen molar-refractivity contribution in [2.75, 3.05) is 12.4 Å². The predicted molar refractivity (Wildman–Crippen MR) is 78.0 cm³/mol. The largest absolute Gasteiger partial charge is 0.323 e. The van der Waals surface area contributed by atoms with Gasteiger partial charge in [0.2, 0.25) is 0 Å². The fourth-order valence-corrected chi connectivity index (χ4v) is 1.99. The summed E-state index contributed by atoms with van der Waals surface area (Å²) in [6.45, 7) is 3.07. The predicted octanol–water partition coefficient (Wildman–Crippen LogP) is 1.50. The summed E-state index contributed by atoms with van der Waals surface area (Å²) in [5.41, 5.74) is 2.28. The van der Waals surface area contributed by atoms with Crippen molar-refractivity contribution < 1.29 is 9.42 Å². The van der Waals surface area contributed by atoms with Crippen LogP contribution in [0, 0.1) is 0 Å². The van der Waals surface area contributed by atoms with E-state index >= 15 is 0 Å². The number of urea groups is 1. The van der Waals surface area contributed by atoms with Gasteiger partial charge in [-0.3, -0.25) is 10.00 Å². The third-order valence-electron chi connectivity index (χ3n) is 3.18. The molecule has 0 aliphatic carbocycles. The standard InChI is InChI=1S/C13H15N7O2/c1-3-20-8-12(15-18-20)14-13(21)19(2)7-9-4-5-10-11(6-9)17-22-16-10/h4-6,8H,3,7H2,1-2H3,(H,14,21). The van der Waals surface area contributed by atoms with Gasteiger partial charge in [0.05, 0.1) is 6.20 Å². The Hall–Kier alpha value is -2.97. The molecule has 22 heavy (non-hydrogen) atoms. The molecule has 0 aliphatic heterocycles. The van der Waals surface area contributed by atoms with Crippen LogP contribution in [0.15, 0.2) is 29.0 Å². The number of carbonyl (C=O) groups excluding carboxylic acids is 1. The molecule has 114 valence electrons. The molecule has 0 saturated heterocycles. The first-order valence-electron chi connectivity index (χ1n) is 6.79. The lowest BCUT2D eigenvalue weighted by atomic mass is 10.2. The molecule has 0 unspecified atom stereocenters. The molecule has 1 N–H and O–H groups in total. The van der Waals surface area contributed by atoms with Crippen molar-refractivity contribution in [2.24, 2.45) is 0 Å². The fourth-order valence-electron chi connectivity index (χ4n) is 1.99. The topological polar surface area (TPSA) is 102 Å². The van der Waals surface area contributed by atoms with Gasteiger partial charge in [-0.25, -0.2) is 9.42 Å². The van der Waals surface area contributed by atoms with Gasteiger partial charge in [-0.1, -0.05) is 11.3 Å². The number of carbonyl (C=O) groups is 1. The molecule has 0 fully saturated rings. The first-order valence-corrected chi connectivity index (χ1v) is 6.79. The van der Waals surface area contributed by atoms with Crippen molar-refractivity contribution in [3.63, 3.8) is 0 Å². The smallest absolute Gasteiger partial charge is 0.323 e. The third kappa shape index (κ3) is 2.87. The summed E-state index contributed by atoms with van der Waals surface area (Å²) in [5.74, 6) is 0.426. The molecule has 9 heteroatoms. The van der Waals surface area contributed by atoms with E-state index in [1.165, 1.54) is 0 Å². The van der Waals surface area contributed by atoms with E-state index in [2.05, 4.69) is 30.6 Å². The molecule has 2 heterocycles. The maximum Gasteiger partial charge on any atom is 0.323 e. The van der Waals surface area contributed by atoms with Gasteiger partial charge < -0.3 is 4.90 Å². The van der Waals surface area contributed by atoms with Gasteiger partial charge in [0.15, 0.2) is 5.82 Å². The Balaban J connectivity index is 1.64. The van der Waals surface area contributed by atoms with Crippen molar-refractivity contribution in [1.82, 2.24) is 30.2 Å². The van der Waals surface area contributed by atoms with Gasteiger partial charge in [-0.05, 0) is 34.9 Å². The van der Waals surface area contributed by atoms with Crippen LogP contribution in [0.5, 0.6) is 0 Å². The Morgan fingerprint density at radius 1 is 1.36 bits per heavy atom. The van der Waals surface area contributed by atoms with Crippen LogP contribution >= 0.6 is 0 Å². The maximum atomic E-state index is 12.1. The van der Waals surface area contributed by atoms with Crippen LogP contribution in [-0.4, -0.2) is 43.3 Å². The molecule has 0 spiro atoms. The Morgan fingerprint density at radius 3 is 2.95 bits per heavy atom. The minimum Gasteiger partial charge on any atom is -0.323 e. The second kappa shape index (κ2) is 5.80. The highest BCUT2D eigenvalue weighted by Gasteiger charge is 2.12. The van der Waals surface area contributed by atoms with Gasteiger partial charge in [0.25, 0.3) is 0 Å². The van der Waals surface area contributed by atoms with E-state index < -0.39 is 0 Å². The van der Waals surface area contributed by atoms with E-state index in [0.29, 0.717) is 29.9 Å². The van der Waals surface area contributed by atoms with Gasteiger partial charge in [-0.2, -0.15) is 0 Å². The zero-order valence-corrected chi connectivity index (χ0v) is 12.2. The van der Waals surface area contributed by atoms with E-state index in [-0.39, 0.29) is 6.03 Å². The van der Waals surface area contributed by atoms with Crippen LogP contribution in [0.4, 0.5) is 10.6 Å². The molecule has 9 nitrogen and oxygen atoms in total. The lowest BCUT2D eigenvalue weighted by molar-refractivity contribution is 0.220. The summed E-state index contributed by atoms with van der Waals surface area (Å²) < 4.78 is 6.29. The molecule has 0 bridgehead atoms. The second-order valence-corrected chi connectivity index (χ2v) is 4.83. The minimum atomic E-state index is -0.262. The van der Waals surface area contributed by atoms with Crippen molar-refractivity contribution in [2.45, 2.75) is 20.0 Å². The minimum absolute atomic E-state index is 0.262. The van der Waals surface area contributed by atoms with Crippen molar-refractivity contribution in [1.29, 1.82) is 0 Å². The second-order valence-electron chi connectivity index (χ2n) is 4.83. The molecule has 0 aliphatic rings. The third-order valence-corrected chi connectivity index (χ3v) is 3.18. The highest BCUT2D eigenvalue weighted by molar-refractivity contribution is 5.87. The molecule has 2 aromatic heterocycles. The molecular weight excluding hydrogens is 286 g/mol. The summed E-state index contributed by atoms with van der Waals surface area (Å²) in [5, 5.41) is 18.0. The average Bonchev–Trinajstić information content (AvgIpc) is 3.15. The summed E-state index contributed by atoms with van der Waals surface area (Å²) in [6, 6.07) is 5.26. The molecule has 0 atom stereocenters. The van der Waals surface area contributed by atoms with Gasteiger partial charge >= 0.3 is 6.03 Å². The first kappa shape index (κ1) is 14.0. The number of nitrogens with one attached hydrogen (secondary N) is 1. The highest BCUT2D eigenvalue weighted by Crippen LogP contribution is 2.13. The number of hydrogen-bond acceptors (Lipinski definition) is 6. The number of aromatic nitrogens is 5. The van der Waals surface area contributed by atoms with E-state index in [1.807, 2.05) is 19.1 Å². The fraction of sp³-hybridized carbons (Fsp3) is 0.308. The number of hydrogen-bond donors (Lipinski definition) is 1. The summed E-state index contributed by atoms with van der Waals surface area (Å²) in [4.78, 5) is 13.7. The van der Waals surface area contributed by atoms with Crippen molar-refractivity contribution in [3.05, 3.63) is 30.0 Å². The molecule has 3 aromatic rings. The number of anilines is 1. The Labute approximate surface area is 125 Å². The number of amides is 2. The van der Waals surface area contributed by atoms with E-state index in [0.717, 1.165) is 5.56 Å². The maximum absolute atomic E-state index is 12.1. The molecule has 1 aromatic carbocycles. The van der Waals surface area contributed by atoms with Gasteiger partial charge in [0.1, 0.15) is 11.0 Å². The average molecular weight is 301 g/mol. The number of fused-ring (bicyclic) bond motifs is 1. The monoisotopic (exact) mass is 301 g/mol. The lowest BCUT2D eigenvalue weighted by Gasteiger charge is -2.16. The number of benzene rings is 1. The van der Waals surface area contributed by atoms with E-state index in [9.17, 15) is 4.79 Å². The van der Waals surface area contributed by atoms with Crippen molar-refractivity contribution >= 4 is 22.9 Å². The number of rotatable bonds is 4. The summed E-state index contributed by atoms with van der Waals surface area (Å²) >= 11 is 0. The molecule has 0 saturated carbocycles. The van der Waals surface area contributed by atoms with Crippen molar-refractivity contribution in [3.8, 4) is 0 Å². The quantitative estimate of drug-likeness (QED) is 0.783. The van der Waals surface area contributed by atoms with Crippen LogP contribution in [-0.2, 0) is 13.1 Å². The van der Waals surface area contributed by atoms with Crippen LogP contribution in [0.3, 0.4) is 0 Å². The number of aryl methyl sites for hydroxylation is 1. The zero-order chi connectivity index (χ0) is 15.5. The Kier molecular flexibility index (Phi) is 3.69. The molecular formula is C13H15N7O2. The van der Waals surface area contributed by atoms with Crippen LogP contribution < -0.4 is 5.32 Å². The summed E-state index contributed by atoms with van der Waals surface area (Å²) in [7, 11) is 1.70. The first-order chi connectivity index (χ1) is 10.7. The molecule has 3 rings (SSSR count). The van der Waals surface area contributed by atoms with E-state index in [4.69, 9.17) is 0 Å². The van der Waals surface area contributed by atoms with Crippen LogP contribution in [0.2, 0.25) is 0 Å². The van der Waals surface area contributed by atoms with E-state index in [1.54, 1.807) is 28.9 Å². The van der Waals surface area contributed by atoms with Gasteiger partial charge in [0, 0.05) is 20.1 Å². The zero-order valence-electron chi connectivity index (χ0n) is 12.2. The van der Waals surface area contributed by atoms with Crippen LogP contribution in [0.25, 0.3) is 11.0 Å². The Morgan fingerprint density at radius 2 is 2.18 bits per heavy atom. The lowest BCUT2D eigenvalue weighted by Crippen LogP contribution is -2.30. The molecule has 2 amide bonds. The number of nitrogens with zero attached hydrogens (tertiary/aromatic N) is 6. The Bertz CT molecular complexity index is 794. The van der Waals surface area contributed by atoms with Gasteiger partial charge in [-0.15, -0.1) is 5.10 Å². The summed E-state index contributed by atoms with van der Waals surface area (Å²) in [6.07, 6.45) is 1.68. The molecule has 0 radical (unpaired) electrons.